The van der Waals surface area contributed by atoms with Gasteiger partial charge in [-0.1, -0.05) is 53.1 Å². The van der Waals surface area contributed by atoms with E-state index in [0.29, 0.717) is 0 Å². The molecule has 0 N–H and O–H groups in total. The normalized spacial score (nSPS) is 11.1. The average Bonchev–Trinajstić information content (AvgIpc) is 2.53. The van der Waals surface area contributed by atoms with Gasteiger partial charge in [-0.05, 0) is 58.9 Å². The fraction of sp³-hybridized carbons (Fsp3) is 0.217. The lowest BCUT2D eigenvalue weighted by Gasteiger charge is -2.14. The highest BCUT2D eigenvalue weighted by Crippen LogP contribution is 2.35. The molecule has 0 nitrogen and oxygen atoms in total. The summed E-state index contributed by atoms with van der Waals surface area (Å²) in [6.45, 7) is 11.0. The molecule has 0 aliphatic rings. The number of aryl methyl sites for hydroxylation is 5. The first-order valence-corrected chi connectivity index (χ1v) is 9.63. The van der Waals surface area contributed by atoms with Gasteiger partial charge < -0.3 is 0 Å². The van der Waals surface area contributed by atoms with E-state index in [2.05, 4.69) is 95.3 Å². The summed E-state index contributed by atoms with van der Waals surface area (Å²) in [5.41, 5.74) is 6.73. The summed E-state index contributed by atoms with van der Waals surface area (Å²) in [4.78, 5) is 4.24. The van der Waals surface area contributed by atoms with E-state index < -0.39 is 0 Å². The molecule has 0 aromatic heterocycles. The molecule has 3 aromatic rings. The molecule has 122 valence electrons. The first kappa shape index (κ1) is 16.9. The Labute approximate surface area is 148 Å². The summed E-state index contributed by atoms with van der Waals surface area (Å²) in [6.07, 6.45) is 0. The van der Waals surface area contributed by atoms with Crippen LogP contribution < -0.4 is 0 Å². The summed E-state index contributed by atoms with van der Waals surface area (Å²) >= 11 is 0. The zero-order valence-electron chi connectivity index (χ0n) is 15.2. The van der Waals surface area contributed by atoms with E-state index in [9.17, 15) is 0 Å². The van der Waals surface area contributed by atoms with Gasteiger partial charge in [0, 0.05) is 11.1 Å². The van der Waals surface area contributed by atoms with Crippen molar-refractivity contribution < 1.29 is 0 Å². The Morgan fingerprint density at radius 3 is 1.25 bits per heavy atom. The van der Waals surface area contributed by atoms with Gasteiger partial charge in [0.2, 0.25) is 0 Å². The van der Waals surface area contributed by atoms with E-state index in [1.807, 2.05) is 0 Å². The van der Waals surface area contributed by atoms with Gasteiger partial charge in [-0.3, -0.25) is 0 Å². The molecular formula is C23H25S+. The van der Waals surface area contributed by atoms with Crippen molar-refractivity contribution >= 4 is 10.9 Å². The van der Waals surface area contributed by atoms with Gasteiger partial charge in [0.25, 0.3) is 0 Å². The molecule has 3 rings (SSSR count). The first-order valence-electron chi connectivity index (χ1n) is 8.41. The molecule has 1 heteroatoms. The fourth-order valence-electron chi connectivity index (χ4n) is 3.21. The molecule has 0 aliphatic carbocycles. The molecule has 0 unspecified atom stereocenters. The lowest BCUT2D eigenvalue weighted by Crippen LogP contribution is -2.09. The number of hydrogen-bond acceptors (Lipinski definition) is 0. The Kier molecular flexibility index (Phi) is 4.82. The largest absolute Gasteiger partial charge is 0.172 e. The van der Waals surface area contributed by atoms with Crippen molar-refractivity contribution in [2.24, 2.45) is 0 Å². The van der Waals surface area contributed by atoms with E-state index in [4.69, 9.17) is 0 Å². The molecule has 0 aliphatic heterocycles. The van der Waals surface area contributed by atoms with E-state index in [-0.39, 0.29) is 10.9 Å². The average molecular weight is 334 g/mol. The zero-order chi connectivity index (χ0) is 17.3. The summed E-state index contributed by atoms with van der Waals surface area (Å²) < 4.78 is 0. The molecule has 0 fully saturated rings. The summed E-state index contributed by atoms with van der Waals surface area (Å²) in [7, 11) is -0.0626. The Morgan fingerprint density at radius 1 is 0.500 bits per heavy atom. The third-order valence-electron chi connectivity index (χ3n) is 4.32. The highest BCUT2D eigenvalue weighted by Gasteiger charge is 2.32. The third kappa shape index (κ3) is 3.42. The van der Waals surface area contributed by atoms with Crippen LogP contribution in [0.3, 0.4) is 0 Å². The second kappa shape index (κ2) is 6.86. The molecule has 0 radical (unpaired) electrons. The quantitative estimate of drug-likeness (QED) is 0.492. The van der Waals surface area contributed by atoms with Crippen LogP contribution in [-0.2, 0) is 10.9 Å². The number of hydrogen-bond donors (Lipinski definition) is 0. The van der Waals surface area contributed by atoms with Gasteiger partial charge >= 0.3 is 0 Å². The van der Waals surface area contributed by atoms with Crippen LogP contribution in [0.15, 0.2) is 75.4 Å². The standard InChI is InChI=1S/C23H25S/c1-16-6-10-21(11-7-16)24(22-12-8-17(2)9-13-22)23-19(4)14-18(3)15-20(23)5/h6-15H,1-5H3/q+1. The Hall–Kier alpha value is -1.99. The minimum absolute atomic E-state index is 0.0626. The molecular weight excluding hydrogens is 308 g/mol. The molecule has 0 saturated carbocycles. The lowest BCUT2D eigenvalue weighted by molar-refractivity contribution is 1.16. The van der Waals surface area contributed by atoms with Crippen molar-refractivity contribution in [3.05, 3.63) is 88.5 Å². The summed E-state index contributed by atoms with van der Waals surface area (Å²) in [5, 5.41) is 0. The van der Waals surface area contributed by atoms with Crippen molar-refractivity contribution in [3.63, 3.8) is 0 Å². The van der Waals surface area contributed by atoms with Gasteiger partial charge in [-0.25, -0.2) is 0 Å². The maximum atomic E-state index is 2.31. The van der Waals surface area contributed by atoms with Crippen molar-refractivity contribution in [2.75, 3.05) is 0 Å². The molecule has 0 amide bonds. The second-order valence-electron chi connectivity index (χ2n) is 6.66. The maximum absolute atomic E-state index is 2.31. The van der Waals surface area contributed by atoms with Crippen molar-refractivity contribution in [1.82, 2.24) is 0 Å². The van der Waals surface area contributed by atoms with Crippen LogP contribution in [-0.4, -0.2) is 0 Å². The molecule has 3 aromatic carbocycles. The van der Waals surface area contributed by atoms with Gasteiger partial charge in [-0.2, -0.15) is 0 Å². The lowest BCUT2D eigenvalue weighted by atomic mass is 10.1. The van der Waals surface area contributed by atoms with Gasteiger partial charge in [0.15, 0.2) is 14.7 Å². The van der Waals surface area contributed by atoms with Crippen molar-refractivity contribution in [3.8, 4) is 0 Å². The summed E-state index contributed by atoms with van der Waals surface area (Å²) in [5.74, 6) is 0. The maximum Gasteiger partial charge on any atom is 0.172 e. The number of rotatable bonds is 3. The van der Waals surface area contributed by atoms with Crippen LogP contribution in [0.25, 0.3) is 0 Å². The predicted molar refractivity (Wildman–Crippen MR) is 105 cm³/mol. The van der Waals surface area contributed by atoms with Crippen LogP contribution >= 0.6 is 0 Å². The topological polar surface area (TPSA) is 0 Å². The Morgan fingerprint density at radius 2 is 0.875 bits per heavy atom. The smallest absolute Gasteiger partial charge is 0.0543 e. The minimum Gasteiger partial charge on any atom is -0.0543 e. The van der Waals surface area contributed by atoms with Crippen LogP contribution in [0, 0.1) is 34.6 Å². The molecule has 0 heterocycles. The molecule has 0 saturated heterocycles. The summed E-state index contributed by atoms with van der Waals surface area (Å²) in [6, 6.07) is 22.7. The van der Waals surface area contributed by atoms with E-state index >= 15 is 0 Å². The molecule has 24 heavy (non-hydrogen) atoms. The van der Waals surface area contributed by atoms with Crippen LogP contribution in [0.5, 0.6) is 0 Å². The minimum atomic E-state index is -0.0626. The van der Waals surface area contributed by atoms with Gasteiger partial charge in [-0.15, -0.1) is 0 Å². The van der Waals surface area contributed by atoms with Crippen molar-refractivity contribution in [1.29, 1.82) is 0 Å². The van der Waals surface area contributed by atoms with E-state index in [1.165, 1.54) is 42.5 Å². The molecule has 0 atom stereocenters. The van der Waals surface area contributed by atoms with Gasteiger partial charge in [0.05, 0.1) is 10.9 Å². The highest BCUT2D eigenvalue weighted by atomic mass is 32.2. The Balaban J connectivity index is 2.22. The predicted octanol–water partition coefficient (Wildman–Crippen LogP) is 6.32. The van der Waals surface area contributed by atoms with Crippen LogP contribution in [0.4, 0.5) is 0 Å². The van der Waals surface area contributed by atoms with Gasteiger partial charge in [0.1, 0.15) is 0 Å². The first-order chi connectivity index (χ1) is 11.5. The Bertz CT molecular complexity index is 774. The SMILES string of the molecule is Cc1ccc([S+](c2ccc(C)cc2)c2c(C)cc(C)cc2C)cc1. The monoisotopic (exact) mass is 333 g/mol. The fourth-order valence-corrected chi connectivity index (χ4v) is 5.53. The van der Waals surface area contributed by atoms with Crippen LogP contribution in [0.1, 0.15) is 27.8 Å². The van der Waals surface area contributed by atoms with Crippen LogP contribution in [0.2, 0.25) is 0 Å². The zero-order valence-corrected chi connectivity index (χ0v) is 16.0. The molecule has 0 bridgehead atoms. The van der Waals surface area contributed by atoms with Crippen molar-refractivity contribution in [2.45, 2.75) is 49.3 Å². The van der Waals surface area contributed by atoms with E-state index in [0.717, 1.165) is 0 Å². The molecule has 0 spiro atoms. The third-order valence-corrected chi connectivity index (χ3v) is 6.86. The van der Waals surface area contributed by atoms with E-state index in [1.54, 1.807) is 0 Å². The second-order valence-corrected chi connectivity index (χ2v) is 8.62. The highest BCUT2D eigenvalue weighted by molar-refractivity contribution is 7.97. The number of benzene rings is 3.